The van der Waals surface area contributed by atoms with Gasteiger partial charge in [0.1, 0.15) is 5.75 Å². The fourth-order valence-corrected chi connectivity index (χ4v) is 3.95. The van der Waals surface area contributed by atoms with E-state index in [9.17, 15) is 23.1 Å². The van der Waals surface area contributed by atoms with Gasteiger partial charge in [0.15, 0.2) is 5.60 Å². The van der Waals surface area contributed by atoms with Crippen LogP contribution < -0.4 is 10.3 Å². The number of aromatic nitrogens is 1. The lowest BCUT2D eigenvalue weighted by Gasteiger charge is -2.36. The first-order valence-corrected chi connectivity index (χ1v) is 10.1. The van der Waals surface area contributed by atoms with E-state index in [0.717, 1.165) is 0 Å². The largest absolute Gasteiger partial charge is 0.495 e. The molecule has 0 spiro atoms. The van der Waals surface area contributed by atoms with Gasteiger partial charge in [0.05, 0.1) is 23.3 Å². The number of aliphatic imine (C=N–C) groups is 1. The molecular formula is C23H22ClF3N2O3. The Balaban J connectivity index is 2.05. The number of rotatable bonds is 6. The van der Waals surface area contributed by atoms with Gasteiger partial charge < -0.3 is 14.8 Å². The highest BCUT2D eigenvalue weighted by Gasteiger charge is 2.55. The summed E-state index contributed by atoms with van der Waals surface area (Å²) in [6.07, 6.45) is -5.23. The molecule has 0 aliphatic rings. The molecule has 5 nitrogen and oxygen atoms in total. The number of methoxy groups -OCH3 is 1. The number of pyridine rings is 1. The molecule has 3 aromatic rings. The van der Waals surface area contributed by atoms with Gasteiger partial charge in [-0.1, -0.05) is 43.6 Å². The van der Waals surface area contributed by atoms with Crippen molar-refractivity contribution < 1.29 is 23.0 Å². The van der Waals surface area contributed by atoms with E-state index < -0.39 is 23.6 Å². The van der Waals surface area contributed by atoms with Gasteiger partial charge in [0.25, 0.3) is 0 Å². The summed E-state index contributed by atoms with van der Waals surface area (Å²) >= 11 is 6.14. The van der Waals surface area contributed by atoms with Gasteiger partial charge in [0.2, 0.25) is 5.56 Å². The zero-order valence-electron chi connectivity index (χ0n) is 17.6. The van der Waals surface area contributed by atoms with E-state index in [-0.39, 0.29) is 22.0 Å². The van der Waals surface area contributed by atoms with E-state index in [2.05, 4.69) is 9.98 Å². The Hall–Kier alpha value is -2.84. The normalized spacial score (nSPS) is 14.6. The highest BCUT2D eigenvalue weighted by Crippen LogP contribution is 2.44. The average Bonchev–Trinajstić information content (AvgIpc) is 2.70. The molecule has 0 saturated heterocycles. The summed E-state index contributed by atoms with van der Waals surface area (Å²) in [4.78, 5) is 18.1. The van der Waals surface area contributed by atoms with Crippen LogP contribution in [0.5, 0.6) is 5.75 Å². The minimum atomic E-state index is -5.00. The summed E-state index contributed by atoms with van der Waals surface area (Å²) in [6, 6.07) is 12.2. The molecule has 9 heteroatoms. The predicted molar refractivity (Wildman–Crippen MR) is 119 cm³/mol. The van der Waals surface area contributed by atoms with Gasteiger partial charge in [-0.15, -0.1) is 0 Å². The van der Waals surface area contributed by atoms with Crippen LogP contribution in [0.4, 0.5) is 18.9 Å². The average molecular weight is 467 g/mol. The molecule has 0 fully saturated rings. The molecule has 32 heavy (non-hydrogen) atoms. The lowest BCUT2D eigenvalue weighted by atomic mass is 9.75. The molecule has 3 rings (SSSR count). The maximum atomic E-state index is 14.0. The monoisotopic (exact) mass is 466 g/mol. The minimum absolute atomic E-state index is 0.180. The van der Waals surface area contributed by atoms with Gasteiger partial charge in [-0.05, 0) is 36.1 Å². The second-order valence-electron chi connectivity index (χ2n) is 8.12. The van der Waals surface area contributed by atoms with Crippen molar-refractivity contribution in [3.8, 4) is 5.75 Å². The fraction of sp³-hybridized carbons (Fsp3) is 0.304. The number of halogens is 4. The molecule has 0 saturated carbocycles. The lowest BCUT2D eigenvalue weighted by Crippen LogP contribution is -2.50. The number of H-pyrrole nitrogens is 1. The summed E-state index contributed by atoms with van der Waals surface area (Å²) in [5.41, 5.74) is -3.75. The second-order valence-corrected chi connectivity index (χ2v) is 8.53. The molecule has 0 aliphatic heterocycles. The van der Waals surface area contributed by atoms with Crippen LogP contribution >= 0.6 is 11.6 Å². The van der Waals surface area contributed by atoms with E-state index >= 15 is 0 Å². The van der Waals surface area contributed by atoms with E-state index in [1.807, 2.05) is 0 Å². The lowest BCUT2D eigenvalue weighted by molar-refractivity contribution is -0.234. The summed E-state index contributed by atoms with van der Waals surface area (Å²) < 4.78 is 47.4. The topological polar surface area (TPSA) is 74.7 Å². The van der Waals surface area contributed by atoms with Crippen molar-refractivity contribution in [3.63, 3.8) is 0 Å². The number of ether oxygens (including phenoxy) is 1. The predicted octanol–water partition coefficient (Wildman–Crippen LogP) is 5.55. The first kappa shape index (κ1) is 23.8. The van der Waals surface area contributed by atoms with Crippen molar-refractivity contribution >= 4 is 34.4 Å². The second kappa shape index (κ2) is 8.60. The van der Waals surface area contributed by atoms with Crippen LogP contribution in [0, 0.1) is 0 Å². The van der Waals surface area contributed by atoms with E-state index in [4.69, 9.17) is 16.3 Å². The zero-order valence-corrected chi connectivity index (χ0v) is 18.4. The molecule has 1 unspecified atom stereocenters. The number of aromatic amines is 1. The minimum Gasteiger partial charge on any atom is -0.495 e. The van der Waals surface area contributed by atoms with Crippen molar-refractivity contribution in [3.05, 3.63) is 69.5 Å². The third-order valence-electron chi connectivity index (χ3n) is 5.26. The standard InChI is InChI=1S/C23H22ClF3N2O3/c1-21(2,15-6-4-7-16(24)20(15)32-3)12-22(31,23(25,26)27)13-28-17-8-5-9-18-14(17)10-11-19(30)29-18/h4-11,13,31H,12H2,1-3H3,(H,29,30). The number of benzene rings is 2. The van der Waals surface area contributed by atoms with E-state index in [1.165, 1.54) is 25.3 Å². The third kappa shape index (κ3) is 4.66. The Morgan fingerprint density at radius 1 is 1.12 bits per heavy atom. The highest BCUT2D eigenvalue weighted by molar-refractivity contribution is 6.32. The summed E-state index contributed by atoms with van der Waals surface area (Å²) in [5, 5.41) is 11.5. The van der Waals surface area contributed by atoms with Crippen molar-refractivity contribution in [2.45, 2.75) is 37.5 Å². The Bertz CT molecular complexity index is 1220. The molecular weight excluding hydrogens is 445 g/mol. The maximum absolute atomic E-state index is 14.0. The Morgan fingerprint density at radius 3 is 2.47 bits per heavy atom. The fourth-order valence-electron chi connectivity index (χ4n) is 3.70. The van der Waals surface area contributed by atoms with Crippen LogP contribution in [-0.4, -0.2) is 35.2 Å². The molecule has 0 bridgehead atoms. The number of hydrogen-bond donors (Lipinski definition) is 2. The number of aliphatic hydroxyl groups is 1. The number of alkyl halides is 3. The quantitative estimate of drug-likeness (QED) is 0.467. The van der Waals surface area contributed by atoms with Crippen LogP contribution in [-0.2, 0) is 5.41 Å². The summed E-state index contributed by atoms with van der Waals surface area (Å²) in [6.45, 7) is 3.13. The number of para-hydroxylation sites is 1. The summed E-state index contributed by atoms with van der Waals surface area (Å²) in [5.74, 6) is 0.249. The number of hydrogen-bond acceptors (Lipinski definition) is 4. The third-order valence-corrected chi connectivity index (χ3v) is 5.56. The van der Waals surface area contributed by atoms with Crippen LogP contribution in [0.1, 0.15) is 25.8 Å². The van der Waals surface area contributed by atoms with Crippen molar-refractivity contribution in [1.29, 1.82) is 0 Å². The van der Waals surface area contributed by atoms with Gasteiger partial charge in [-0.2, -0.15) is 13.2 Å². The van der Waals surface area contributed by atoms with Gasteiger partial charge in [0, 0.05) is 23.2 Å². The van der Waals surface area contributed by atoms with E-state index in [0.29, 0.717) is 22.7 Å². The Morgan fingerprint density at radius 2 is 1.81 bits per heavy atom. The highest BCUT2D eigenvalue weighted by atomic mass is 35.5. The Labute approximate surface area is 187 Å². The SMILES string of the molecule is COc1c(Cl)cccc1C(C)(C)CC(O)(C=Nc1cccc2[nH]c(=O)ccc12)C(F)(F)F. The molecule has 1 atom stereocenters. The Kier molecular flexibility index (Phi) is 6.40. The molecule has 0 radical (unpaired) electrons. The van der Waals surface area contributed by atoms with Crippen LogP contribution in [0.2, 0.25) is 5.02 Å². The zero-order chi connectivity index (χ0) is 23.7. The number of fused-ring (bicyclic) bond motifs is 1. The van der Waals surface area contributed by atoms with Crippen LogP contribution in [0.3, 0.4) is 0 Å². The molecule has 1 heterocycles. The molecule has 170 valence electrons. The number of nitrogens with one attached hydrogen (secondary N) is 1. The molecule has 2 aromatic carbocycles. The van der Waals surface area contributed by atoms with Crippen molar-refractivity contribution in [2.24, 2.45) is 4.99 Å². The van der Waals surface area contributed by atoms with Crippen molar-refractivity contribution in [2.75, 3.05) is 7.11 Å². The van der Waals surface area contributed by atoms with Gasteiger partial charge in [-0.3, -0.25) is 9.79 Å². The molecule has 2 N–H and O–H groups in total. The van der Waals surface area contributed by atoms with Crippen molar-refractivity contribution in [1.82, 2.24) is 4.98 Å². The smallest absolute Gasteiger partial charge is 0.422 e. The van der Waals surface area contributed by atoms with Gasteiger partial charge in [-0.25, -0.2) is 0 Å². The summed E-state index contributed by atoms with van der Waals surface area (Å²) in [7, 11) is 1.38. The maximum Gasteiger partial charge on any atom is 0.422 e. The van der Waals surface area contributed by atoms with Crippen LogP contribution in [0.15, 0.2) is 58.3 Å². The molecule has 1 aromatic heterocycles. The first-order chi connectivity index (χ1) is 14.9. The van der Waals surface area contributed by atoms with E-state index in [1.54, 1.807) is 44.2 Å². The first-order valence-electron chi connectivity index (χ1n) is 9.67. The molecule has 0 aliphatic carbocycles. The molecule has 0 amide bonds. The van der Waals surface area contributed by atoms with Gasteiger partial charge >= 0.3 is 6.18 Å². The van der Waals surface area contributed by atoms with Crippen LogP contribution in [0.25, 0.3) is 10.9 Å². The number of nitrogens with zero attached hydrogens (tertiary/aromatic N) is 1.